The smallest absolute Gasteiger partial charge is 0.243 e. The average molecular weight is 573 g/mol. The Bertz CT molecular complexity index is 820. The van der Waals surface area contributed by atoms with Crippen LogP contribution in [-0.2, 0) is 47.7 Å². The van der Waals surface area contributed by atoms with Gasteiger partial charge in [0.1, 0.15) is 11.8 Å². The van der Waals surface area contributed by atoms with Gasteiger partial charge >= 0.3 is 0 Å². The highest BCUT2D eigenvalue weighted by Gasteiger charge is 2.28. The number of ether oxygens (including phenoxy) is 4. The van der Waals surface area contributed by atoms with E-state index in [2.05, 4.69) is 16.0 Å². The average Bonchev–Trinajstić information content (AvgIpc) is 3.23. The Balaban J connectivity index is 1.90. The second-order valence-corrected chi connectivity index (χ2v) is 9.45. The van der Waals surface area contributed by atoms with Crippen LogP contribution in [0.5, 0.6) is 0 Å². The van der Waals surface area contributed by atoms with Gasteiger partial charge in [-0.3, -0.25) is 33.7 Å². The monoisotopic (exact) mass is 572 g/mol. The molecule has 0 unspecified atom stereocenters. The maximum Gasteiger partial charge on any atom is 0.243 e. The lowest BCUT2D eigenvalue weighted by Crippen LogP contribution is -2.50. The number of ketones is 1. The SMILES string of the molecule is CC(=O)CNC(=O)[C@@H](NC(=O)CCOCCOCCOCCOCCNC(=O)CCN1C(=O)CCC1=O)C(C)C. The van der Waals surface area contributed by atoms with Gasteiger partial charge in [0.05, 0.1) is 59.4 Å². The molecular weight excluding hydrogens is 528 g/mol. The minimum absolute atomic E-state index is 0.0712. The van der Waals surface area contributed by atoms with Crippen molar-refractivity contribution in [2.75, 3.05) is 72.5 Å². The summed E-state index contributed by atoms with van der Waals surface area (Å²) >= 11 is 0. The lowest BCUT2D eigenvalue weighted by atomic mass is 10.0. The molecule has 0 aromatic carbocycles. The molecule has 1 aliphatic rings. The summed E-state index contributed by atoms with van der Waals surface area (Å²) in [5.41, 5.74) is 0. The van der Waals surface area contributed by atoms with Gasteiger partial charge in [0.15, 0.2) is 0 Å². The molecule has 1 saturated heterocycles. The first-order valence-electron chi connectivity index (χ1n) is 13.6. The third-order valence-corrected chi connectivity index (χ3v) is 5.65. The molecule has 0 aromatic rings. The third-order valence-electron chi connectivity index (χ3n) is 5.65. The number of nitrogens with one attached hydrogen (secondary N) is 3. The van der Waals surface area contributed by atoms with Crippen LogP contribution in [0.25, 0.3) is 0 Å². The molecular formula is C26H44N4O10. The molecule has 14 nitrogen and oxygen atoms in total. The van der Waals surface area contributed by atoms with Gasteiger partial charge in [-0.2, -0.15) is 0 Å². The summed E-state index contributed by atoms with van der Waals surface area (Å²) in [5.74, 6) is -1.72. The van der Waals surface area contributed by atoms with Gasteiger partial charge in [0.2, 0.25) is 29.5 Å². The van der Waals surface area contributed by atoms with Crippen LogP contribution in [0.1, 0.15) is 46.5 Å². The van der Waals surface area contributed by atoms with E-state index < -0.39 is 11.9 Å². The Morgan fingerprint density at radius 3 is 1.80 bits per heavy atom. The fraction of sp³-hybridized carbons (Fsp3) is 0.769. The van der Waals surface area contributed by atoms with Gasteiger partial charge in [-0.25, -0.2) is 0 Å². The second-order valence-electron chi connectivity index (χ2n) is 9.45. The number of carbonyl (C=O) groups excluding carboxylic acids is 6. The van der Waals surface area contributed by atoms with E-state index in [-0.39, 0.29) is 80.7 Å². The van der Waals surface area contributed by atoms with Crippen molar-refractivity contribution in [3.63, 3.8) is 0 Å². The number of amides is 5. The molecule has 1 fully saturated rings. The molecule has 0 aliphatic carbocycles. The van der Waals surface area contributed by atoms with Crippen molar-refractivity contribution in [3.8, 4) is 0 Å². The second kappa shape index (κ2) is 20.9. The maximum atomic E-state index is 12.1. The highest BCUT2D eigenvalue weighted by molar-refractivity contribution is 6.02. The molecule has 3 N–H and O–H groups in total. The zero-order valence-electron chi connectivity index (χ0n) is 23.8. The number of rotatable bonds is 23. The van der Waals surface area contributed by atoms with Crippen molar-refractivity contribution >= 4 is 35.3 Å². The van der Waals surface area contributed by atoms with Gasteiger partial charge in [0.25, 0.3) is 0 Å². The van der Waals surface area contributed by atoms with Gasteiger partial charge in [-0.15, -0.1) is 0 Å². The fourth-order valence-corrected chi connectivity index (χ4v) is 3.47. The van der Waals surface area contributed by atoms with Crippen LogP contribution < -0.4 is 16.0 Å². The Labute approximate surface area is 235 Å². The van der Waals surface area contributed by atoms with Crippen LogP contribution >= 0.6 is 0 Å². The molecule has 0 aromatic heterocycles. The van der Waals surface area contributed by atoms with E-state index in [0.717, 1.165) is 4.90 Å². The van der Waals surface area contributed by atoms with Crippen molar-refractivity contribution in [1.29, 1.82) is 0 Å². The summed E-state index contributed by atoms with van der Waals surface area (Å²) in [4.78, 5) is 71.2. The molecule has 0 saturated carbocycles. The van der Waals surface area contributed by atoms with Crippen LogP contribution in [0, 0.1) is 5.92 Å². The normalized spacial score (nSPS) is 13.9. The number of Topliss-reactive ketones (excluding diaryl/α,β-unsaturated/α-hetero) is 1. The zero-order valence-corrected chi connectivity index (χ0v) is 23.8. The molecule has 1 aliphatic heterocycles. The van der Waals surface area contributed by atoms with Gasteiger partial charge in [-0.1, -0.05) is 13.8 Å². The highest BCUT2D eigenvalue weighted by Crippen LogP contribution is 2.11. The van der Waals surface area contributed by atoms with E-state index in [0.29, 0.717) is 52.8 Å². The summed E-state index contributed by atoms with van der Waals surface area (Å²) in [5, 5.41) is 7.85. The topological polar surface area (TPSA) is 179 Å². The molecule has 0 radical (unpaired) electrons. The third kappa shape index (κ3) is 16.2. The predicted octanol–water partition coefficient (Wildman–Crippen LogP) is -1.06. The Kier molecular flexibility index (Phi) is 18.3. The lowest BCUT2D eigenvalue weighted by Gasteiger charge is -2.21. The standard InChI is InChI=1S/C26H44N4O10/c1-19(2)25(26(36)28-18-20(3)31)29-22(33)7-10-37-12-14-39-16-17-40-15-13-38-11-8-27-21(32)6-9-30-23(34)4-5-24(30)35/h19,25H,4-18H2,1-3H3,(H,27,32)(H,28,36)(H,29,33)/t25-/m0/s1. The van der Waals surface area contributed by atoms with E-state index in [1.807, 2.05) is 0 Å². The highest BCUT2D eigenvalue weighted by atomic mass is 16.6. The molecule has 14 heteroatoms. The summed E-state index contributed by atoms with van der Waals surface area (Å²) in [6.07, 6.45) is 0.599. The first-order chi connectivity index (χ1) is 19.1. The molecule has 5 amide bonds. The zero-order chi connectivity index (χ0) is 29.8. The van der Waals surface area contributed by atoms with Crippen LogP contribution in [0.2, 0.25) is 0 Å². The number of likely N-dealkylation sites (tertiary alicyclic amines) is 1. The van der Waals surface area contributed by atoms with E-state index >= 15 is 0 Å². The minimum atomic E-state index is -0.723. The van der Waals surface area contributed by atoms with E-state index in [4.69, 9.17) is 18.9 Å². The summed E-state index contributed by atoms with van der Waals surface area (Å²) in [7, 11) is 0. The van der Waals surface area contributed by atoms with Crippen LogP contribution in [0.4, 0.5) is 0 Å². The summed E-state index contributed by atoms with van der Waals surface area (Å²) in [6.45, 7) is 7.94. The fourth-order valence-electron chi connectivity index (χ4n) is 3.47. The van der Waals surface area contributed by atoms with Crippen molar-refractivity contribution in [2.24, 2.45) is 5.92 Å². The van der Waals surface area contributed by atoms with Gasteiger partial charge in [0, 0.05) is 38.8 Å². The largest absolute Gasteiger partial charge is 0.379 e. The molecule has 1 heterocycles. The molecule has 40 heavy (non-hydrogen) atoms. The van der Waals surface area contributed by atoms with Crippen molar-refractivity contribution < 1.29 is 47.7 Å². The maximum absolute atomic E-state index is 12.1. The van der Waals surface area contributed by atoms with Crippen molar-refractivity contribution in [3.05, 3.63) is 0 Å². The Hall–Kier alpha value is -2.94. The van der Waals surface area contributed by atoms with Gasteiger partial charge in [-0.05, 0) is 12.8 Å². The number of carbonyl (C=O) groups is 6. The molecule has 0 spiro atoms. The summed E-state index contributed by atoms with van der Waals surface area (Å²) in [6, 6.07) is -0.723. The van der Waals surface area contributed by atoms with Crippen LogP contribution in [0.3, 0.4) is 0 Å². The van der Waals surface area contributed by atoms with E-state index in [1.54, 1.807) is 13.8 Å². The van der Waals surface area contributed by atoms with Crippen molar-refractivity contribution in [2.45, 2.75) is 52.5 Å². The lowest BCUT2D eigenvalue weighted by molar-refractivity contribution is -0.138. The first kappa shape index (κ1) is 35.1. The first-order valence-corrected chi connectivity index (χ1v) is 13.6. The number of hydrogen-bond donors (Lipinski definition) is 3. The minimum Gasteiger partial charge on any atom is -0.379 e. The Morgan fingerprint density at radius 2 is 1.27 bits per heavy atom. The number of imide groups is 1. The molecule has 1 atom stereocenters. The van der Waals surface area contributed by atoms with Gasteiger partial charge < -0.3 is 34.9 Å². The molecule has 0 bridgehead atoms. The van der Waals surface area contributed by atoms with E-state index in [9.17, 15) is 28.8 Å². The van der Waals surface area contributed by atoms with E-state index in [1.165, 1.54) is 6.92 Å². The number of hydrogen-bond acceptors (Lipinski definition) is 10. The predicted molar refractivity (Wildman–Crippen MR) is 142 cm³/mol. The summed E-state index contributed by atoms with van der Waals surface area (Å²) < 4.78 is 21.5. The molecule has 1 rings (SSSR count). The van der Waals surface area contributed by atoms with Crippen LogP contribution in [-0.4, -0.2) is 119 Å². The number of nitrogens with zero attached hydrogens (tertiary/aromatic N) is 1. The Morgan fingerprint density at radius 1 is 0.750 bits per heavy atom. The quantitative estimate of drug-likeness (QED) is 0.101. The van der Waals surface area contributed by atoms with Crippen LogP contribution in [0.15, 0.2) is 0 Å². The molecule has 228 valence electrons. The van der Waals surface area contributed by atoms with Crippen molar-refractivity contribution in [1.82, 2.24) is 20.9 Å².